The fourth-order valence-corrected chi connectivity index (χ4v) is 3.23. The Kier molecular flexibility index (Phi) is 4.43. The lowest BCUT2D eigenvalue weighted by molar-refractivity contribution is -0.132. The molecule has 0 spiro atoms. The van der Waals surface area contributed by atoms with Crippen LogP contribution in [0.25, 0.3) is 0 Å². The predicted octanol–water partition coefficient (Wildman–Crippen LogP) is 3.33. The molecule has 3 heterocycles. The van der Waals surface area contributed by atoms with E-state index in [4.69, 9.17) is 16.1 Å². The van der Waals surface area contributed by atoms with E-state index in [0.29, 0.717) is 12.8 Å². The number of carbonyl (C=O) groups is 1. The molecule has 2 aromatic rings. The maximum atomic E-state index is 12.6. The first-order chi connectivity index (χ1) is 10.7. The summed E-state index contributed by atoms with van der Waals surface area (Å²) in [5, 5.41) is 4.10. The normalized spacial score (nSPS) is 17.9. The van der Waals surface area contributed by atoms with Crippen LogP contribution >= 0.6 is 11.6 Å². The number of aryl methyl sites for hydroxylation is 1. The van der Waals surface area contributed by atoms with Gasteiger partial charge in [0.15, 0.2) is 0 Å². The number of carbonyl (C=O) groups excluding carboxylic acids is 1. The number of pyridine rings is 1. The number of nitrogens with zero attached hydrogens (tertiary/aromatic N) is 3. The Morgan fingerprint density at radius 3 is 3.05 bits per heavy atom. The first-order valence-electron chi connectivity index (χ1n) is 7.48. The van der Waals surface area contributed by atoms with E-state index in [-0.39, 0.29) is 17.2 Å². The van der Waals surface area contributed by atoms with E-state index in [1.165, 1.54) is 0 Å². The van der Waals surface area contributed by atoms with Crippen LogP contribution < -0.4 is 0 Å². The van der Waals surface area contributed by atoms with Crippen LogP contribution in [0.1, 0.15) is 42.3 Å². The Hall–Kier alpha value is -1.88. The van der Waals surface area contributed by atoms with Crippen molar-refractivity contribution in [2.45, 2.75) is 38.6 Å². The lowest BCUT2D eigenvalue weighted by Crippen LogP contribution is -2.31. The van der Waals surface area contributed by atoms with Gasteiger partial charge in [-0.25, -0.2) is 0 Å². The summed E-state index contributed by atoms with van der Waals surface area (Å²) in [6.45, 7) is 2.62. The molecule has 0 bridgehead atoms. The Balaban J connectivity index is 1.67. The van der Waals surface area contributed by atoms with Gasteiger partial charge in [-0.3, -0.25) is 9.78 Å². The molecule has 1 aliphatic rings. The number of rotatable bonds is 4. The molecule has 0 unspecified atom stereocenters. The quantitative estimate of drug-likeness (QED) is 0.867. The molecule has 1 saturated heterocycles. The summed E-state index contributed by atoms with van der Waals surface area (Å²) in [5.41, 5.74) is 2.54. The monoisotopic (exact) mass is 319 g/mol. The van der Waals surface area contributed by atoms with E-state index in [0.717, 1.165) is 36.3 Å². The molecule has 0 aliphatic carbocycles. The van der Waals surface area contributed by atoms with Crippen LogP contribution in [-0.4, -0.2) is 27.5 Å². The zero-order valence-corrected chi connectivity index (χ0v) is 13.2. The molecule has 5 nitrogen and oxygen atoms in total. The molecule has 0 saturated carbocycles. The maximum Gasteiger partial charge on any atom is 0.229 e. The summed E-state index contributed by atoms with van der Waals surface area (Å²) in [7, 11) is 0. The molecule has 2 aromatic heterocycles. The van der Waals surface area contributed by atoms with Gasteiger partial charge in [0.1, 0.15) is 0 Å². The average Bonchev–Trinajstić information content (AvgIpc) is 3.14. The molecule has 6 heteroatoms. The van der Waals surface area contributed by atoms with E-state index >= 15 is 0 Å². The summed E-state index contributed by atoms with van der Waals surface area (Å²) in [5.74, 6) is 0.129. The van der Waals surface area contributed by atoms with E-state index in [9.17, 15) is 4.79 Å². The minimum atomic E-state index is 0.0905. The second-order valence-corrected chi connectivity index (χ2v) is 5.86. The molecule has 3 rings (SSSR count). The highest BCUT2D eigenvalue weighted by molar-refractivity contribution is 6.29. The van der Waals surface area contributed by atoms with Gasteiger partial charge in [-0.15, -0.1) is 0 Å². The van der Waals surface area contributed by atoms with E-state index in [1.807, 2.05) is 30.0 Å². The summed E-state index contributed by atoms with van der Waals surface area (Å²) in [6, 6.07) is 5.93. The number of aromatic nitrogens is 2. The fourth-order valence-electron chi connectivity index (χ4n) is 2.96. The van der Waals surface area contributed by atoms with Crippen molar-refractivity contribution in [2.24, 2.45) is 0 Å². The standard InChI is InChI=1S/C16H18ClN3O2/c1-11-12(16(17)22-19-11)7-8-15(21)20-10-4-6-14(20)13-5-2-3-9-18-13/h2-3,5,9,14H,4,6-8,10H2,1H3/t14-/m0/s1. The largest absolute Gasteiger partial charge is 0.344 e. The predicted molar refractivity (Wildman–Crippen MR) is 82.5 cm³/mol. The molecule has 0 radical (unpaired) electrons. The van der Waals surface area contributed by atoms with Crippen molar-refractivity contribution < 1.29 is 9.32 Å². The maximum absolute atomic E-state index is 12.6. The van der Waals surface area contributed by atoms with Crippen LogP contribution in [-0.2, 0) is 11.2 Å². The van der Waals surface area contributed by atoms with Gasteiger partial charge in [-0.1, -0.05) is 11.2 Å². The van der Waals surface area contributed by atoms with Crippen molar-refractivity contribution in [1.29, 1.82) is 0 Å². The molecule has 1 atom stereocenters. The molecular formula is C16H18ClN3O2. The van der Waals surface area contributed by atoms with Gasteiger partial charge in [0, 0.05) is 24.7 Å². The first kappa shape index (κ1) is 15.0. The highest BCUT2D eigenvalue weighted by atomic mass is 35.5. The summed E-state index contributed by atoms with van der Waals surface area (Å²) >= 11 is 5.95. The van der Waals surface area contributed by atoms with Crippen LogP contribution in [0, 0.1) is 6.92 Å². The number of amides is 1. The zero-order valence-electron chi connectivity index (χ0n) is 12.5. The third kappa shape index (κ3) is 2.99. The van der Waals surface area contributed by atoms with E-state index in [1.54, 1.807) is 6.20 Å². The molecular weight excluding hydrogens is 302 g/mol. The molecule has 0 aromatic carbocycles. The van der Waals surface area contributed by atoms with Gasteiger partial charge in [0.05, 0.1) is 17.4 Å². The van der Waals surface area contributed by atoms with Crippen molar-refractivity contribution in [1.82, 2.24) is 15.0 Å². The first-order valence-corrected chi connectivity index (χ1v) is 7.85. The molecule has 1 amide bonds. The smallest absolute Gasteiger partial charge is 0.229 e. The topological polar surface area (TPSA) is 59.2 Å². The zero-order chi connectivity index (χ0) is 15.5. The number of hydrogen-bond donors (Lipinski definition) is 0. The minimum absolute atomic E-state index is 0.0905. The van der Waals surface area contributed by atoms with Crippen molar-refractivity contribution in [3.05, 3.63) is 46.6 Å². The third-order valence-electron chi connectivity index (χ3n) is 4.13. The Labute approximate surface area is 134 Å². The fraction of sp³-hybridized carbons (Fsp3) is 0.438. The molecule has 22 heavy (non-hydrogen) atoms. The van der Waals surface area contributed by atoms with Crippen molar-refractivity contribution >= 4 is 17.5 Å². The third-order valence-corrected chi connectivity index (χ3v) is 4.43. The second-order valence-electron chi connectivity index (χ2n) is 5.52. The van der Waals surface area contributed by atoms with Gasteiger partial charge in [-0.2, -0.15) is 0 Å². The Bertz CT molecular complexity index is 637. The summed E-state index contributed by atoms with van der Waals surface area (Å²) in [6.07, 6.45) is 4.72. The molecule has 116 valence electrons. The highest BCUT2D eigenvalue weighted by Gasteiger charge is 2.30. The number of hydrogen-bond acceptors (Lipinski definition) is 4. The lowest BCUT2D eigenvalue weighted by Gasteiger charge is -2.24. The van der Waals surface area contributed by atoms with Gasteiger partial charge < -0.3 is 9.42 Å². The van der Waals surface area contributed by atoms with Crippen molar-refractivity contribution in [3.63, 3.8) is 0 Å². The van der Waals surface area contributed by atoms with Crippen LogP contribution in [0.5, 0.6) is 0 Å². The molecule has 1 fully saturated rings. The van der Waals surface area contributed by atoms with Crippen LogP contribution in [0.15, 0.2) is 28.9 Å². The van der Waals surface area contributed by atoms with Crippen LogP contribution in [0.2, 0.25) is 5.22 Å². The van der Waals surface area contributed by atoms with Crippen molar-refractivity contribution in [2.75, 3.05) is 6.54 Å². The molecule has 1 aliphatic heterocycles. The number of likely N-dealkylation sites (tertiary alicyclic amines) is 1. The average molecular weight is 320 g/mol. The summed E-state index contributed by atoms with van der Waals surface area (Å²) < 4.78 is 4.92. The SMILES string of the molecule is Cc1noc(Cl)c1CCC(=O)N1CCC[C@H]1c1ccccn1. The molecule has 0 N–H and O–H groups in total. The minimum Gasteiger partial charge on any atom is -0.344 e. The second kappa shape index (κ2) is 6.48. The van der Waals surface area contributed by atoms with Crippen LogP contribution in [0.3, 0.4) is 0 Å². The lowest BCUT2D eigenvalue weighted by atomic mass is 10.1. The highest BCUT2D eigenvalue weighted by Crippen LogP contribution is 2.31. The van der Waals surface area contributed by atoms with Gasteiger partial charge in [0.2, 0.25) is 11.1 Å². The Morgan fingerprint density at radius 2 is 2.36 bits per heavy atom. The van der Waals surface area contributed by atoms with Gasteiger partial charge in [0.25, 0.3) is 0 Å². The van der Waals surface area contributed by atoms with Crippen molar-refractivity contribution in [3.8, 4) is 0 Å². The van der Waals surface area contributed by atoms with E-state index < -0.39 is 0 Å². The van der Waals surface area contributed by atoms with Crippen LogP contribution in [0.4, 0.5) is 0 Å². The van der Waals surface area contributed by atoms with E-state index in [2.05, 4.69) is 10.1 Å². The summed E-state index contributed by atoms with van der Waals surface area (Å²) in [4.78, 5) is 18.9. The Morgan fingerprint density at radius 1 is 1.50 bits per heavy atom. The number of halogens is 1. The van der Waals surface area contributed by atoms with Gasteiger partial charge in [-0.05, 0) is 49.9 Å². The van der Waals surface area contributed by atoms with Gasteiger partial charge >= 0.3 is 0 Å².